The Hall–Kier alpha value is -2.29. The average molecular weight is 278 g/mol. The Bertz CT molecular complexity index is 833. The molecule has 3 nitrogen and oxygen atoms in total. The van der Waals surface area contributed by atoms with E-state index in [-0.39, 0.29) is 0 Å². The molecule has 21 heavy (non-hydrogen) atoms. The van der Waals surface area contributed by atoms with Crippen molar-refractivity contribution >= 4 is 16.8 Å². The van der Waals surface area contributed by atoms with E-state index >= 15 is 0 Å². The molecular weight excluding hydrogens is 260 g/mol. The molecule has 3 aromatic rings. The van der Waals surface area contributed by atoms with E-state index in [4.69, 9.17) is 9.40 Å². The monoisotopic (exact) mass is 278 g/mol. The zero-order valence-corrected chi connectivity index (χ0v) is 12.4. The summed E-state index contributed by atoms with van der Waals surface area (Å²) in [7, 11) is 0. The van der Waals surface area contributed by atoms with Gasteiger partial charge >= 0.3 is 0 Å². The van der Waals surface area contributed by atoms with Crippen LogP contribution in [-0.2, 0) is 6.42 Å². The fourth-order valence-corrected chi connectivity index (χ4v) is 3.20. The first-order valence-corrected chi connectivity index (χ1v) is 7.46. The molecule has 1 aromatic heterocycles. The van der Waals surface area contributed by atoms with Gasteiger partial charge in [-0.05, 0) is 61.6 Å². The zero-order valence-electron chi connectivity index (χ0n) is 12.4. The van der Waals surface area contributed by atoms with Gasteiger partial charge in [0.15, 0.2) is 5.58 Å². The minimum absolute atomic E-state index is 0.735. The summed E-state index contributed by atoms with van der Waals surface area (Å²) in [4.78, 5) is 4.72. The topological polar surface area (TPSA) is 38.1 Å². The maximum Gasteiger partial charge on any atom is 0.227 e. The van der Waals surface area contributed by atoms with Crippen LogP contribution in [0.1, 0.15) is 23.1 Å². The number of oxazole rings is 1. The van der Waals surface area contributed by atoms with Crippen molar-refractivity contribution in [2.75, 3.05) is 11.9 Å². The number of rotatable bonds is 1. The Labute approximate surface area is 124 Å². The van der Waals surface area contributed by atoms with Gasteiger partial charge < -0.3 is 9.73 Å². The molecule has 0 amide bonds. The van der Waals surface area contributed by atoms with Gasteiger partial charge in [0.05, 0.1) is 0 Å². The Morgan fingerprint density at radius 3 is 3.00 bits per heavy atom. The van der Waals surface area contributed by atoms with E-state index in [0.717, 1.165) is 47.5 Å². The van der Waals surface area contributed by atoms with Crippen LogP contribution in [-0.4, -0.2) is 11.5 Å². The summed E-state index contributed by atoms with van der Waals surface area (Å²) in [5.74, 6) is 0.735. The molecule has 2 heterocycles. The second kappa shape index (κ2) is 4.62. The molecule has 0 radical (unpaired) electrons. The molecule has 2 aromatic carbocycles. The number of hydrogen-bond donors (Lipinski definition) is 1. The molecule has 0 atom stereocenters. The van der Waals surface area contributed by atoms with Gasteiger partial charge in [-0.3, -0.25) is 0 Å². The van der Waals surface area contributed by atoms with E-state index in [0.29, 0.717) is 0 Å². The zero-order chi connectivity index (χ0) is 14.4. The normalized spacial score (nSPS) is 14.0. The highest BCUT2D eigenvalue weighted by molar-refractivity contribution is 5.81. The minimum Gasteiger partial charge on any atom is -0.436 e. The fraction of sp³-hybridized carbons (Fsp3) is 0.278. The maximum absolute atomic E-state index is 6.07. The van der Waals surface area contributed by atoms with Crippen molar-refractivity contribution < 1.29 is 4.42 Å². The number of hydrogen-bond acceptors (Lipinski definition) is 3. The van der Waals surface area contributed by atoms with E-state index < -0.39 is 0 Å². The summed E-state index contributed by atoms with van der Waals surface area (Å²) >= 11 is 0. The van der Waals surface area contributed by atoms with Gasteiger partial charge in [0.2, 0.25) is 5.89 Å². The molecule has 0 saturated carbocycles. The Balaban J connectivity index is 1.93. The van der Waals surface area contributed by atoms with E-state index in [2.05, 4.69) is 49.5 Å². The predicted octanol–water partition coefficient (Wildman–Crippen LogP) is 4.47. The number of benzene rings is 2. The molecule has 1 aliphatic heterocycles. The minimum atomic E-state index is 0.735. The van der Waals surface area contributed by atoms with Crippen LogP contribution in [0.5, 0.6) is 0 Å². The van der Waals surface area contributed by atoms with Gasteiger partial charge in [0, 0.05) is 17.8 Å². The van der Waals surface area contributed by atoms with Crippen LogP contribution in [0.2, 0.25) is 0 Å². The standard InChI is InChI=1S/C18H18N2O/c1-11-9-12(2)17-16(10-11)20-18(21-17)14-5-3-7-15-13(14)6-4-8-19-15/h3,5,7,9-10,19H,4,6,8H2,1-2H3. The highest BCUT2D eigenvalue weighted by atomic mass is 16.3. The van der Waals surface area contributed by atoms with Crippen LogP contribution in [0.4, 0.5) is 5.69 Å². The molecule has 0 unspecified atom stereocenters. The number of fused-ring (bicyclic) bond motifs is 2. The summed E-state index contributed by atoms with van der Waals surface area (Å²) in [6, 6.07) is 10.5. The summed E-state index contributed by atoms with van der Waals surface area (Å²) in [5, 5.41) is 3.46. The lowest BCUT2D eigenvalue weighted by molar-refractivity contribution is 0.615. The average Bonchev–Trinajstić information content (AvgIpc) is 2.90. The number of anilines is 1. The van der Waals surface area contributed by atoms with Crippen molar-refractivity contribution in [3.05, 3.63) is 47.0 Å². The van der Waals surface area contributed by atoms with Crippen LogP contribution >= 0.6 is 0 Å². The first kappa shape index (κ1) is 12.5. The van der Waals surface area contributed by atoms with Crippen molar-refractivity contribution in [2.45, 2.75) is 26.7 Å². The summed E-state index contributed by atoms with van der Waals surface area (Å²) in [6.07, 6.45) is 2.23. The molecule has 1 aliphatic rings. The van der Waals surface area contributed by atoms with Gasteiger partial charge in [0.25, 0.3) is 0 Å². The van der Waals surface area contributed by atoms with E-state index in [1.54, 1.807) is 0 Å². The van der Waals surface area contributed by atoms with E-state index in [9.17, 15) is 0 Å². The Morgan fingerprint density at radius 2 is 2.10 bits per heavy atom. The molecule has 4 rings (SSSR count). The summed E-state index contributed by atoms with van der Waals surface area (Å²) < 4.78 is 6.07. The predicted molar refractivity (Wildman–Crippen MR) is 85.7 cm³/mol. The lowest BCUT2D eigenvalue weighted by Gasteiger charge is -2.19. The van der Waals surface area contributed by atoms with Gasteiger partial charge in [-0.25, -0.2) is 4.98 Å². The van der Waals surface area contributed by atoms with Crippen LogP contribution < -0.4 is 5.32 Å². The second-order valence-corrected chi connectivity index (χ2v) is 5.81. The third-order valence-electron chi connectivity index (χ3n) is 4.15. The number of aryl methyl sites for hydroxylation is 2. The van der Waals surface area contributed by atoms with Gasteiger partial charge in [-0.15, -0.1) is 0 Å². The number of nitrogens with one attached hydrogen (secondary N) is 1. The smallest absolute Gasteiger partial charge is 0.227 e. The van der Waals surface area contributed by atoms with Crippen molar-refractivity contribution in [1.29, 1.82) is 0 Å². The van der Waals surface area contributed by atoms with Crippen LogP contribution in [0.25, 0.3) is 22.6 Å². The van der Waals surface area contributed by atoms with Crippen LogP contribution in [0.3, 0.4) is 0 Å². The van der Waals surface area contributed by atoms with Gasteiger partial charge in [0.1, 0.15) is 5.52 Å². The lowest BCUT2D eigenvalue weighted by atomic mass is 9.97. The summed E-state index contributed by atoms with van der Waals surface area (Å²) in [6.45, 7) is 5.21. The van der Waals surface area contributed by atoms with Crippen LogP contribution in [0.15, 0.2) is 34.7 Å². The van der Waals surface area contributed by atoms with Crippen molar-refractivity contribution in [3.8, 4) is 11.5 Å². The molecule has 0 saturated heterocycles. The second-order valence-electron chi connectivity index (χ2n) is 5.81. The highest BCUT2D eigenvalue weighted by Gasteiger charge is 2.18. The largest absolute Gasteiger partial charge is 0.436 e. The molecule has 106 valence electrons. The van der Waals surface area contributed by atoms with Crippen LogP contribution in [0, 0.1) is 13.8 Å². The SMILES string of the molecule is Cc1cc(C)c2oc(-c3cccc4c3CCCN4)nc2c1. The maximum atomic E-state index is 6.07. The Morgan fingerprint density at radius 1 is 1.19 bits per heavy atom. The first-order valence-electron chi connectivity index (χ1n) is 7.46. The molecule has 3 heteroatoms. The number of nitrogens with zero attached hydrogens (tertiary/aromatic N) is 1. The third-order valence-corrected chi connectivity index (χ3v) is 4.15. The van der Waals surface area contributed by atoms with E-state index in [1.165, 1.54) is 16.8 Å². The molecule has 1 N–H and O–H groups in total. The molecule has 0 bridgehead atoms. The molecule has 0 fully saturated rings. The van der Waals surface area contributed by atoms with Gasteiger partial charge in [-0.2, -0.15) is 0 Å². The fourth-order valence-electron chi connectivity index (χ4n) is 3.20. The molecule has 0 spiro atoms. The highest BCUT2D eigenvalue weighted by Crippen LogP contribution is 2.34. The van der Waals surface area contributed by atoms with Crippen molar-refractivity contribution in [3.63, 3.8) is 0 Å². The molecular formula is C18H18N2O. The molecule has 0 aliphatic carbocycles. The first-order chi connectivity index (χ1) is 10.2. The number of aromatic nitrogens is 1. The third kappa shape index (κ3) is 2.00. The lowest BCUT2D eigenvalue weighted by Crippen LogP contribution is -2.12. The summed E-state index contributed by atoms with van der Waals surface area (Å²) in [5.41, 5.74) is 7.87. The van der Waals surface area contributed by atoms with Crippen molar-refractivity contribution in [2.24, 2.45) is 0 Å². The van der Waals surface area contributed by atoms with E-state index in [1.807, 2.05) is 0 Å². The quantitative estimate of drug-likeness (QED) is 0.713. The van der Waals surface area contributed by atoms with Crippen molar-refractivity contribution in [1.82, 2.24) is 4.98 Å². The Kier molecular flexibility index (Phi) is 2.74. The van der Waals surface area contributed by atoms with Gasteiger partial charge in [-0.1, -0.05) is 12.1 Å².